The van der Waals surface area contributed by atoms with Gasteiger partial charge in [-0.05, 0) is 55.3 Å². The zero-order valence-corrected chi connectivity index (χ0v) is 16.6. The first kappa shape index (κ1) is 19.7. The second-order valence-corrected chi connectivity index (χ2v) is 6.89. The molecule has 0 atom stereocenters. The van der Waals surface area contributed by atoms with Crippen LogP contribution >= 0.6 is 0 Å². The van der Waals surface area contributed by atoms with Crippen LogP contribution in [0, 0.1) is 6.92 Å². The number of furan rings is 1. The normalized spacial score (nSPS) is 10.6. The fourth-order valence-corrected chi connectivity index (χ4v) is 2.97. The monoisotopic (exact) mass is 377 g/mol. The quantitative estimate of drug-likeness (QED) is 0.455. The van der Waals surface area contributed by atoms with Gasteiger partial charge in [0.25, 0.3) is 5.91 Å². The first-order valence-electron chi connectivity index (χ1n) is 9.77. The molecule has 0 saturated heterocycles. The van der Waals surface area contributed by atoms with Crippen LogP contribution in [0.5, 0.6) is 5.75 Å². The van der Waals surface area contributed by atoms with Crippen molar-refractivity contribution in [2.75, 3.05) is 6.61 Å². The van der Waals surface area contributed by atoms with Crippen LogP contribution in [0.3, 0.4) is 0 Å². The molecule has 0 N–H and O–H groups in total. The van der Waals surface area contributed by atoms with Crippen molar-refractivity contribution < 1.29 is 13.9 Å². The first-order valence-corrected chi connectivity index (χ1v) is 9.77. The lowest BCUT2D eigenvalue weighted by molar-refractivity contribution is 0.0717. The molecule has 1 amide bonds. The van der Waals surface area contributed by atoms with Gasteiger partial charge in [0, 0.05) is 12.1 Å². The lowest BCUT2D eigenvalue weighted by atomic mass is 10.1. The van der Waals surface area contributed by atoms with E-state index in [1.54, 1.807) is 4.90 Å². The van der Waals surface area contributed by atoms with Crippen LogP contribution in [-0.4, -0.2) is 17.4 Å². The van der Waals surface area contributed by atoms with Gasteiger partial charge in [-0.1, -0.05) is 43.7 Å². The molecule has 0 aliphatic heterocycles. The zero-order chi connectivity index (χ0) is 19.8. The third kappa shape index (κ3) is 5.49. The summed E-state index contributed by atoms with van der Waals surface area (Å²) in [5, 5.41) is 0. The molecule has 0 radical (unpaired) electrons. The molecule has 0 bridgehead atoms. The summed E-state index contributed by atoms with van der Waals surface area (Å²) in [6, 6.07) is 21.2. The van der Waals surface area contributed by atoms with Crippen molar-refractivity contribution >= 4 is 5.91 Å². The lowest BCUT2D eigenvalue weighted by Gasteiger charge is -2.22. The number of carbonyl (C=O) groups is 1. The zero-order valence-electron chi connectivity index (χ0n) is 16.6. The Morgan fingerprint density at radius 2 is 1.71 bits per heavy atom. The number of hydrogen-bond donors (Lipinski definition) is 0. The minimum Gasteiger partial charge on any atom is -0.494 e. The predicted octanol–water partition coefficient (Wildman–Crippen LogP) is 5.61. The lowest BCUT2D eigenvalue weighted by Crippen LogP contribution is -2.30. The van der Waals surface area contributed by atoms with Gasteiger partial charge in [0.05, 0.1) is 13.2 Å². The highest BCUT2D eigenvalue weighted by Crippen LogP contribution is 2.18. The third-order valence-corrected chi connectivity index (χ3v) is 4.51. The maximum absolute atomic E-state index is 13.2. The van der Waals surface area contributed by atoms with Crippen molar-refractivity contribution in [3.63, 3.8) is 0 Å². The van der Waals surface area contributed by atoms with Crippen LogP contribution < -0.4 is 4.74 Å². The molecule has 0 aliphatic carbocycles. The standard InChI is InChI=1S/C24H27NO3/c1-3-4-16-27-22-14-11-21(12-15-22)24(26)25(17-20-8-6-5-7-9-20)18-23-13-10-19(2)28-23/h5-15H,3-4,16-18H2,1-2H3. The topological polar surface area (TPSA) is 42.7 Å². The average molecular weight is 377 g/mol. The molecule has 3 aromatic rings. The van der Waals surface area contributed by atoms with E-state index in [0.717, 1.165) is 35.7 Å². The Balaban J connectivity index is 1.75. The van der Waals surface area contributed by atoms with E-state index in [-0.39, 0.29) is 5.91 Å². The maximum atomic E-state index is 13.2. The van der Waals surface area contributed by atoms with Gasteiger partial charge in [0.15, 0.2) is 0 Å². The number of rotatable bonds is 9. The summed E-state index contributed by atoms with van der Waals surface area (Å²) in [7, 11) is 0. The summed E-state index contributed by atoms with van der Waals surface area (Å²) in [6.07, 6.45) is 2.12. The number of aryl methyl sites for hydroxylation is 1. The SMILES string of the molecule is CCCCOc1ccc(C(=O)N(Cc2ccccc2)Cc2ccc(C)o2)cc1. The molecule has 2 aromatic carbocycles. The van der Waals surface area contributed by atoms with Crippen LogP contribution in [0.2, 0.25) is 0 Å². The Morgan fingerprint density at radius 1 is 0.964 bits per heavy atom. The Labute approximate surface area is 166 Å². The summed E-state index contributed by atoms with van der Waals surface area (Å²) in [5.74, 6) is 2.39. The van der Waals surface area contributed by atoms with Gasteiger partial charge in [-0.25, -0.2) is 0 Å². The predicted molar refractivity (Wildman–Crippen MR) is 110 cm³/mol. The van der Waals surface area contributed by atoms with E-state index < -0.39 is 0 Å². The summed E-state index contributed by atoms with van der Waals surface area (Å²) in [6.45, 7) is 5.68. The van der Waals surface area contributed by atoms with Crippen LogP contribution in [0.4, 0.5) is 0 Å². The molecular formula is C24H27NO3. The number of ether oxygens (including phenoxy) is 1. The molecule has 4 heteroatoms. The van der Waals surface area contributed by atoms with Crippen molar-refractivity contribution in [3.8, 4) is 5.75 Å². The second-order valence-electron chi connectivity index (χ2n) is 6.89. The third-order valence-electron chi connectivity index (χ3n) is 4.51. The van der Waals surface area contributed by atoms with E-state index in [4.69, 9.17) is 9.15 Å². The number of amides is 1. The second kappa shape index (κ2) is 9.79. The minimum absolute atomic E-state index is 0.0296. The summed E-state index contributed by atoms with van der Waals surface area (Å²) < 4.78 is 11.4. The molecule has 0 spiro atoms. The molecule has 0 fully saturated rings. The summed E-state index contributed by atoms with van der Waals surface area (Å²) in [4.78, 5) is 15.0. The van der Waals surface area contributed by atoms with Crippen LogP contribution in [0.15, 0.2) is 71.1 Å². The Kier molecular flexibility index (Phi) is 6.90. The first-order chi connectivity index (χ1) is 13.7. The van der Waals surface area contributed by atoms with Gasteiger partial charge < -0.3 is 14.1 Å². The van der Waals surface area contributed by atoms with Crippen LogP contribution in [-0.2, 0) is 13.1 Å². The van der Waals surface area contributed by atoms with Gasteiger partial charge in [-0.2, -0.15) is 0 Å². The van der Waals surface area contributed by atoms with Gasteiger partial charge in [-0.15, -0.1) is 0 Å². The molecule has 28 heavy (non-hydrogen) atoms. The van der Waals surface area contributed by atoms with Crippen molar-refractivity contribution in [2.24, 2.45) is 0 Å². The summed E-state index contributed by atoms with van der Waals surface area (Å²) >= 11 is 0. The van der Waals surface area contributed by atoms with E-state index in [9.17, 15) is 4.79 Å². The Bertz CT molecular complexity index is 868. The number of nitrogens with zero attached hydrogens (tertiary/aromatic N) is 1. The smallest absolute Gasteiger partial charge is 0.254 e. The molecule has 0 aliphatic rings. The van der Waals surface area contributed by atoms with Gasteiger partial charge >= 0.3 is 0 Å². The number of unbranched alkanes of at least 4 members (excludes halogenated alkanes) is 1. The van der Waals surface area contributed by atoms with Crippen LogP contribution in [0.25, 0.3) is 0 Å². The molecule has 1 heterocycles. The van der Waals surface area contributed by atoms with Gasteiger partial charge in [0.2, 0.25) is 0 Å². The molecule has 3 rings (SSSR count). The molecule has 4 nitrogen and oxygen atoms in total. The molecule has 0 unspecified atom stereocenters. The Morgan fingerprint density at radius 3 is 2.36 bits per heavy atom. The van der Waals surface area contributed by atoms with Crippen molar-refractivity contribution in [1.82, 2.24) is 4.90 Å². The highest BCUT2D eigenvalue weighted by atomic mass is 16.5. The van der Waals surface area contributed by atoms with Crippen molar-refractivity contribution in [1.29, 1.82) is 0 Å². The van der Waals surface area contributed by atoms with Gasteiger partial charge in [0.1, 0.15) is 17.3 Å². The molecular weight excluding hydrogens is 350 g/mol. The summed E-state index contributed by atoms with van der Waals surface area (Å²) in [5.41, 5.74) is 1.72. The Hall–Kier alpha value is -3.01. The van der Waals surface area contributed by atoms with Crippen molar-refractivity contribution in [2.45, 2.75) is 39.8 Å². The molecule has 146 valence electrons. The molecule has 1 aromatic heterocycles. The fourth-order valence-electron chi connectivity index (χ4n) is 2.97. The van der Waals surface area contributed by atoms with Gasteiger partial charge in [-0.3, -0.25) is 4.79 Å². The van der Waals surface area contributed by atoms with E-state index >= 15 is 0 Å². The highest BCUT2D eigenvalue weighted by molar-refractivity contribution is 5.94. The van der Waals surface area contributed by atoms with Crippen molar-refractivity contribution in [3.05, 3.63) is 89.4 Å². The van der Waals surface area contributed by atoms with Crippen LogP contribution in [0.1, 0.15) is 47.2 Å². The van der Waals surface area contributed by atoms with E-state index in [2.05, 4.69) is 6.92 Å². The maximum Gasteiger partial charge on any atom is 0.254 e. The number of benzene rings is 2. The van der Waals surface area contributed by atoms with E-state index in [1.807, 2.05) is 73.7 Å². The number of hydrogen-bond acceptors (Lipinski definition) is 3. The van der Waals surface area contributed by atoms with E-state index in [1.165, 1.54) is 0 Å². The highest BCUT2D eigenvalue weighted by Gasteiger charge is 2.18. The fraction of sp³-hybridized carbons (Fsp3) is 0.292. The van der Waals surface area contributed by atoms with E-state index in [0.29, 0.717) is 25.3 Å². The number of carbonyl (C=O) groups excluding carboxylic acids is 1. The minimum atomic E-state index is -0.0296. The average Bonchev–Trinajstić information content (AvgIpc) is 3.13. The largest absolute Gasteiger partial charge is 0.494 e. The molecule has 0 saturated carbocycles.